The van der Waals surface area contributed by atoms with Crippen LogP contribution in [-0.4, -0.2) is 32.3 Å². The lowest BCUT2D eigenvalue weighted by molar-refractivity contribution is 0.313. The topological polar surface area (TPSA) is 60.1 Å². The van der Waals surface area contributed by atoms with E-state index in [2.05, 4.69) is 9.89 Å². The van der Waals surface area contributed by atoms with Gasteiger partial charge >= 0.3 is 0 Å². The zero-order valence-corrected chi connectivity index (χ0v) is 15.3. The van der Waals surface area contributed by atoms with E-state index >= 15 is 0 Å². The third-order valence-corrected chi connectivity index (χ3v) is 4.52. The fourth-order valence-electron chi connectivity index (χ4n) is 2.70. The number of hydrogen-bond acceptors (Lipinski definition) is 5. The van der Waals surface area contributed by atoms with Crippen LogP contribution in [-0.2, 0) is 11.3 Å². The molecule has 2 aromatic carbocycles. The van der Waals surface area contributed by atoms with Crippen molar-refractivity contribution in [3.8, 4) is 5.75 Å². The van der Waals surface area contributed by atoms with E-state index in [0.29, 0.717) is 35.5 Å². The number of benzene rings is 2. The van der Waals surface area contributed by atoms with Crippen molar-refractivity contribution in [3.63, 3.8) is 0 Å². The minimum Gasteiger partial charge on any atom is -0.495 e. The van der Waals surface area contributed by atoms with Gasteiger partial charge in [-0.1, -0.05) is 35.3 Å². The van der Waals surface area contributed by atoms with Crippen LogP contribution in [0.3, 0.4) is 0 Å². The molecule has 2 N–H and O–H groups in total. The highest BCUT2D eigenvalue weighted by molar-refractivity contribution is 6.32. The van der Waals surface area contributed by atoms with Gasteiger partial charge in [0.2, 0.25) is 0 Å². The van der Waals surface area contributed by atoms with Crippen LogP contribution in [0.15, 0.2) is 47.5 Å². The standard InChI is InChI=1S/C18H19Cl2N3O2/c1-24-17-8-15(6-7-16(17)20)23(10-14-11-25-18(21)22-14)9-12-2-4-13(19)5-3-12/h2-8,14H,9-11H2,1H3,(H2,21,22)/t14-/m0/s1. The van der Waals surface area contributed by atoms with E-state index in [1.165, 1.54) is 0 Å². The SMILES string of the molecule is COc1cc(N(Cc2ccc(Cl)cc2)C[C@H]2COC(N)=N2)ccc1Cl. The van der Waals surface area contributed by atoms with E-state index in [-0.39, 0.29) is 12.1 Å². The number of halogens is 2. The van der Waals surface area contributed by atoms with Crippen molar-refractivity contribution in [3.05, 3.63) is 58.1 Å². The average Bonchev–Trinajstić information content (AvgIpc) is 3.02. The molecule has 0 bridgehead atoms. The Balaban J connectivity index is 1.86. The first-order chi connectivity index (χ1) is 12.0. The Kier molecular flexibility index (Phi) is 5.56. The van der Waals surface area contributed by atoms with Gasteiger partial charge in [-0.05, 0) is 29.8 Å². The molecule has 1 aliphatic rings. The summed E-state index contributed by atoms with van der Waals surface area (Å²) in [6, 6.07) is 13.7. The van der Waals surface area contributed by atoms with E-state index in [0.717, 1.165) is 11.3 Å². The number of nitrogens with zero attached hydrogens (tertiary/aromatic N) is 2. The lowest BCUT2D eigenvalue weighted by atomic mass is 10.1. The van der Waals surface area contributed by atoms with Gasteiger partial charge in [0.15, 0.2) is 0 Å². The first-order valence-corrected chi connectivity index (χ1v) is 8.60. The van der Waals surface area contributed by atoms with Crippen molar-refractivity contribution in [1.82, 2.24) is 0 Å². The Hall–Kier alpha value is -2.11. The van der Waals surface area contributed by atoms with Gasteiger partial charge < -0.3 is 20.1 Å². The Bertz CT molecular complexity index is 765. The maximum absolute atomic E-state index is 6.15. The predicted molar refractivity (Wildman–Crippen MR) is 102 cm³/mol. The zero-order chi connectivity index (χ0) is 17.8. The summed E-state index contributed by atoms with van der Waals surface area (Å²) in [5.74, 6) is 0.631. The maximum Gasteiger partial charge on any atom is 0.282 e. The van der Waals surface area contributed by atoms with Gasteiger partial charge in [0.1, 0.15) is 18.4 Å². The first kappa shape index (κ1) is 17.7. The fourth-order valence-corrected chi connectivity index (χ4v) is 3.02. The molecule has 1 aliphatic heterocycles. The van der Waals surface area contributed by atoms with Gasteiger partial charge in [0.25, 0.3) is 6.02 Å². The summed E-state index contributed by atoms with van der Waals surface area (Å²) in [7, 11) is 1.60. The quantitative estimate of drug-likeness (QED) is 0.830. The molecule has 1 heterocycles. The van der Waals surface area contributed by atoms with Crippen LogP contribution >= 0.6 is 23.2 Å². The molecule has 5 nitrogen and oxygen atoms in total. The minimum absolute atomic E-state index is 0.0195. The number of aliphatic imine (C=N–C) groups is 1. The van der Waals surface area contributed by atoms with Gasteiger partial charge in [-0.15, -0.1) is 0 Å². The van der Waals surface area contributed by atoms with Crippen molar-refractivity contribution in [2.45, 2.75) is 12.6 Å². The van der Waals surface area contributed by atoms with Gasteiger partial charge in [0, 0.05) is 29.9 Å². The summed E-state index contributed by atoms with van der Waals surface area (Å²) in [4.78, 5) is 6.51. The second kappa shape index (κ2) is 7.85. The average molecular weight is 380 g/mol. The Morgan fingerprint density at radius 2 is 2.00 bits per heavy atom. The van der Waals surface area contributed by atoms with Crippen LogP contribution in [0.2, 0.25) is 10.0 Å². The highest BCUT2D eigenvalue weighted by atomic mass is 35.5. The summed E-state index contributed by atoms with van der Waals surface area (Å²) in [5.41, 5.74) is 7.75. The molecule has 132 valence electrons. The van der Waals surface area contributed by atoms with Crippen LogP contribution in [0.25, 0.3) is 0 Å². The van der Waals surface area contributed by atoms with Gasteiger partial charge in [0.05, 0.1) is 12.1 Å². The number of nitrogens with two attached hydrogens (primary N) is 1. The van der Waals surface area contributed by atoms with Crippen molar-refractivity contribution in [1.29, 1.82) is 0 Å². The normalized spacial score (nSPS) is 16.3. The molecule has 0 unspecified atom stereocenters. The van der Waals surface area contributed by atoms with Crippen LogP contribution in [0.5, 0.6) is 5.75 Å². The van der Waals surface area contributed by atoms with E-state index in [9.17, 15) is 0 Å². The van der Waals surface area contributed by atoms with Crippen LogP contribution in [0.4, 0.5) is 5.69 Å². The molecule has 7 heteroatoms. The van der Waals surface area contributed by atoms with Gasteiger partial charge in [-0.3, -0.25) is 0 Å². The Labute approximate surface area is 157 Å². The van der Waals surface area contributed by atoms with Crippen LogP contribution < -0.4 is 15.4 Å². The summed E-state index contributed by atoms with van der Waals surface area (Å²) in [5, 5.41) is 1.29. The molecule has 0 fully saturated rings. The van der Waals surface area contributed by atoms with Gasteiger partial charge in [-0.2, -0.15) is 0 Å². The number of anilines is 1. The van der Waals surface area contributed by atoms with E-state index in [4.69, 9.17) is 38.4 Å². The minimum atomic E-state index is -0.0195. The van der Waals surface area contributed by atoms with E-state index in [1.54, 1.807) is 7.11 Å². The third-order valence-electron chi connectivity index (χ3n) is 3.95. The van der Waals surface area contributed by atoms with Crippen LogP contribution in [0.1, 0.15) is 5.56 Å². The lowest BCUT2D eigenvalue weighted by Gasteiger charge is -2.27. The number of amidine groups is 1. The summed E-state index contributed by atoms with van der Waals surface area (Å²) < 4.78 is 10.6. The molecule has 0 radical (unpaired) electrons. The number of hydrogen-bond donors (Lipinski definition) is 1. The van der Waals surface area contributed by atoms with Gasteiger partial charge in [-0.25, -0.2) is 4.99 Å². The summed E-state index contributed by atoms with van der Waals surface area (Å²) >= 11 is 12.1. The Morgan fingerprint density at radius 3 is 2.64 bits per heavy atom. The molecular weight excluding hydrogens is 361 g/mol. The first-order valence-electron chi connectivity index (χ1n) is 7.84. The van der Waals surface area contributed by atoms with Crippen molar-refractivity contribution < 1.29 is 9.47 Å². The van der Waals surface area contributed by atoms with E-state index in [1.807, 2.05) is 42.5 Å². The van der Waals surface area contributed by atoms with Crippen molar-refractivity contribution in [2.75, 3.05) is 25.2 Å². The number of ether oxygens (including phenoxy) is 2. The third kappa shape index (κ3) is 4.50. The molecule has 0 spiro atoms. The number of methoxy groups -OCH3 is 1. The summed E-state index contributed by atoms with van der Waals surface area (Å²) in [6.07, 6.45) is 0. The number of rotatable bonds is 6. The fraction of sp³-hybridized carbons (Fsp3) is 0.278. The molecule has 25 heavy (non-hydrogen) atoms. The summed E-state index contributed by atoms with van der Waals surface area (Å²) in [6.45, 7) is 1.83. The van der Waals surface area contributed by atoms with Crippen molar-refractivity contribution in [2.24, 2.45) is 10.7 Å². The highest BCUT2D eigenvalue weighted by Gasteiger charge is 2.21. The Morgan fingerprint density at radius 1 is 1.24 bits per heavy atom. The molecule has 0 saturated heterocycles. The lowest BCUT2D eigenvalue weighted by Crippen LogP contribution is -2.32. The molecule has 2 aromatic rings. The molecule has 0 aliphatic carbocycles. The highest BCUT2D eigenvalue weighted by Crippen LogP contribution is 2.30. The molecule has 1 atom stereocenters. The molecule has 0 saturated carbocycles. The second-order valence-corrected chi connectivity index (χ2v) is 6.60. The monoisotopic (exact) mass is 379 g/mol. The van der Waals surface area contributed by atoms with Crippen LogP contribution in [0, 0.1) is 0 Å². The smallest absolute Gasteiger partial charge is 0.282 e. The van der Waals surface area contributed by atoms with E-state index < -0.39 is 0 Å². The second-order valence-electron chi connectivity index (χ2n) is 5.76. The molecule has 3 rings (SSSR count). The molecule has 0 amide bonds. The molecule has 0 aromatic heterocycles. The largest absolute Gasteiger partial charge is 0.495 e. The molecular formula is C18H19Cl2N3O2. The maximum atomic E-state index is 6.15. The van der Waals surface area contributed by atoms with Crippen molar-refractivity contribution >= 4 is 34.9 Å². The predicted octanol–water partition coefficient (Wildman–Crippen LogP) is 3.72. The zero-order valence-electron chi connectivity index (χ0n) is 13.8.